The Balaban J connectivity index is 1.99. The molecule has 2 aromatic rings. The lowest BCUT2D eigenvalue weighted by molar-refractivity contribution is 0.204. The summed E-state index contributed by atoms with van der Waals surface area (Å²) in [4.78, 5) is 11.6. The third-order valence-corrected chi connectivity index (χ3v) is 4.77. The molecule has 0 amide bonds. The van der Waals surface area contributed by atoms with Crippen LogP contribution in [0.15, 0.2) is 42.7 Å². The van der Waals surface area contributed by atoms with Crippen molar-refractivity contribution in [3.05, 3.63) is 53.6 Å². The summed E-state index contributed by atoms with van der Waals surface area (Å²) in [5, 5.41) is 3.05. The maximum atomic E-state index is 12.2. The molecule has 0 saturated carbocycles. The molecule has 7 nitrogen and oxygen atoms in total. The van der Waals surface area contributed by atoms with Gasteiger partial charge in [-0.05, 0) is 35.7 Å². The van der Waals surface area contributed by atoms with Crippen LogP contribution < -0.4 is 5.32 Å². The Morgan fingerprint density at radius 3 is 2.88 bits per heavy atom. The van der Waals surface area contributed by atoms with Crippen molar-refractivity contribution in [1.82, 2.24) is 15.0 Å². The topological polar surface area (TPSA) is 94.1 Å². The number of benzene rings is 1. The van der Waals surface area contributed by atoms with Crippen molar-refractivity contribution in [1.29, 1.82) is 0 Å². The Hall–Kier alpha value is -2.03. The fourth-order valence-electron chi connectivity index (χ4n) is 2.04. The van der Waals surface area contributed by atoms with E-state index in [-0.39, 0.29) is 16.8 Å². The highest BCUT2D eigenvalue weighted by Gasteiger charge is 2.11. The largest absolute Gasteiger partial charge is 0.384 e. The van der Waals surface area contributed by atoms with Gasteiger partial charge in [0.1, 0.15) is 6.33 Å². The van der Waals surface area contributed by atoms with Gasteiger partial charge in [0.25, 0.3) is 0 Å². The molecule has 0 bridgehead atoms. The number of nitrogens with zero attached hydrogens (tertiary/aromatic N) is 3. The Labute approximate surface area is 152 Å². The Morgan fingerprint density at radius 1 is 1.28 bits per heavy atom. The Morgan fingerprint density at radius 2 is 2.12 bits per heavy atom. The predicted octanol–water partition coefficient (Wildman–Crippen LogP) is 2.78. The number of rotatable bonds is 9. The average molecular weight is 383 g/mol. The first-order chi connectivity index (χ1) is 12.0. The van der Waals surface area contributed by atoms with E-state index in [9.17, 15) is 8.42 Å². The van der Waals surface area contributed by atoms with Crippen molar-refractivity contribution in [2.75, 3.05) is 24.8 Å². The van der Waals surface area contributed by atoms with Crippen LogP contribution in [0.2, 0.25) is 5.28 Å². The van der Waals surface area contributed by atoms with E-state index in [1.165, 1.54) is 6.33 Å². The van der Waals surface area contributed by atoms with Gasteiger partial charge in [-0.25, -0.2) is 18.4 Å². The van der Waals surface area contributed by atoms with Crippen molar-refractivity contribution < 1.29 is 13.2 Å². The van der Waals surface area contributed by atoms with Crippen LogP contribution in [0.3, 0.4) is 0 Å². The van der Waals surface area contributed by atoms with E-state index in [1.54, 1.807) is 37.5 Å². The van der Waals surface area contributed by atoms with Gasteiger partial charge in [0.15, 0.2) is 9.84 Å². The number of hydrogen-bond donors (Lipinski definition) is 1. The van der Waals surface area contributed by atoms with E-state index >= 15 is 0 Å². The number of hydrogen-bond acceptors (Lipinski definition) is 7. The molecule has 0 aliphatic carbocycles. The second-order valence-corrected chi connectivity index (χ2v) is 7.66. The highest BCUT2D eigenvalue weighted by Crippen LogP contribution is 2.17. The minimum Gasteiger partial charge on any atom is -0.384 e. The van der Waals surface area contributed by atoms with Crippen LogP contribution in [-0.2, 0) is 20.3 Å². The Kier molecular flexibility index (Phi) is 7.30. The molecule has 9 heteroatoms. The van der Waals surface area contributed by atoms with E-state index in [4.69, 9.17) is 16.3 Å². The molecule has 0 saturated heterocycles. The zero-order chi connectivity index (χ0) is 18.1. The van der Waals surface area contributed by atoms with Gasteiger partial charge in [-0.3, -0.25) is 0 Å². The molecule has 0 spiro atoms. The first-order valence-electron chi connectivity index (χ1n) is 7.53. The molecule has 0 atom stereocenters. The molecule has 0 unspecified atom stereocenters. The second-order valence-electron chi connectivity index (χ2n) is 5.21. The van der Waals surface area contributed by atoms with Crippen molar-refractivity contribution in [3.63, 3.8) is 0 Å². The fraction of sp³-hybridized carbons (Fsp3) is 0.312. The molecule has 0 fully saturated rings. The minimum atomic E-state index is -3.24. The lowest BCUT2D eigenvalue weighted by Crippen LogP contribution is -2.08. The van der Waals surface area contributed by atoms with Gasteiger partial charge in [-0.2, -0.15) is 4.98 Å². The number of nitrogens with one attached hydrogen (secondary N) is 1. The third kappa shape index (κ3) is 7.16. The summed E-state index contributed by atoms with van der Waals surface area (Å²) in [6.45, 7) is 0.575. The van der Waals surface area contributed by atoms with Gasteiger partial charge in [-0.15, -0.1) is 0 Å². The monoisotopic (exact) mass is 382 g/mol. The lowest BCUT2D eigenvalue weighted by atomic mass is 10.2. The average Bonchev–Trinajstić information content (AvgIpc) is 2.54. The first kappa shape index (κ1) is 19.3. The van der Waals surface area contributed by atoms with Crippen LogP contribution in [0, 0.1) is 0 Å². The molecule has 1 heterocycles. The van der Waals surface area contributed by atoms with Crippen molar-refractivity contribution >= 4 is 33.1 Å². The van der Waals surface area contributed by atoms with E-state index in [1.807, 2.05) is 6.08 Å². The van der Waals surface area contributed by atoms with E-state index in [2.05, 4.69) is 20.3 Å². The van der Waals surface area contributed by atoms with Crippen LogP contribution in [-0.4, -0.2) is 42.8 Å². The summed E-state index contributed by atoms with van der Waals surface area (Å²) in [6.07, 6.45) is 5.45. The smallest absolute Gasteiger partial charge is 0.231 e. The molecule has 0 aliphatic rings. The fourth-order valence-corrected chi connectivity index (χ4v) is 3.39. The number of sulfone groups is 1. The summed E-state index contributed by atoms with van der Waals surface area (Å²) < 4.78 is 29.3. The quantitative estimate of drug-likeness (QED) is 0.526. The number of aromatic nitrogens is 3. The molecule has 2 rings (SSSR count). The van der Waals surface area contributed by atoms with Crippen LogP contribution in [0.25, 0.3) is 0 Å². The van der Waals surface area contributed by atoms with Gasteiger partial charge in [0, 0.05) is 19.4 Å². The molecule has 1 N–H and O–H groups in total. The van der Waals surface area contributed by atoms with Gasteiger partial charge in [-0.1, -0.05) is 24.3 Å². The maximum Gasteiger partial charge on any atom is 0.231 e. The van der Waals surface area contributed by atoms with Gasteiger partial charge in [0.2, 0.25) is 11.2 Å². The molecule has 134 valence electrons. The minimum absolute atomic E-state index is 0.00254. The molecule has 25 heavy (non-hydrogen) atoms. The van der Waals surface area contributed by atoms with E-state index in [0.717, 1.165) is 0 Å². The van der Waals surface area contributed by atoms with Gasteiger partial charge in [0.05, 0.1) is 11.5 Å². The van der Waals surface area contributed by atoms with Crippen molar-refractivity contribution in [2.45, 2.75) is 12.2 Å². The molecule has 1 aromatic carbocycles. The molecular weight excluding hydrogens is 364 g/mol. The molecule has 0 radical (unpaired) electrons. The number of methoxy groups -OCH3 is 1. The first-order valence-corrected chi connectivity index (χ1v) is 9.73. The SMILES string of the molecule is COCCC=CCS(=O)(=O)Cc1cccc(Nc2ncnc(Cl)n2)c1. The summed E-state index contributed by atoms with van der Waals surface area (Å²) in [5.74, 6) is 0.244. The second kappa shape index (κ2) is 9.45. The summed E-state index contributed by atoms with van der Waals surface area (Å²) >= 11 is 5.71. The normalized spacial score (nSPS) is 11.8. The zero-order valence-corrected chi connectivity index (χ0v) is 15.3. The molecule has 1 aromatic heterocycles. The number of ether oxygens (including phenoxy) is 1. The zero-order valence-electron chi connectivity index (χ0n) is 13.7. The van der Waals surface area contributed by atoms with Crippen LogP contribution in [0.1, 0.15) is 12.0 Å². The van der Waals surface area contributed by atoms with E-state index < -0.39 is 9.84 Å². The van der Waals surface area contributed by atoms with Crippen LogP contribution >= 0.6 is 11.6 Å². The van der Waals surface area contributed by atoms with Crippen molar-refractivity contribution in [2.24, 2.45) is 0 Å². The third-order valence-electron chi connectivity index (χ3n) is 3.12. The van der Waals surface area contributed by atoms with Crippen molar-refractivity contribution in [3.8, 4) is 0 Å². The summed E-state index contributed by atoms with van der Waals surface area (Å²) in [6, 6.07) is 7.06. The predicted molar refractivity (Wildman–Crippen MR) is 97.7 cm³/mol. The summed E-state index contributed by atoms with van der Waals surface area (Å²) in [7, 11) is -1.63. The molecular formula is C16H19ClN4O3S. The summed E-state index contributed by atoms with van der Waals surface area (Å²) in [5.41, 5.74) is 1.35. The number of anilines is 2. The van der Waals surface area contributed by atoms with Gasteiger partial charge < -0.3 is 10.1 Å². The van der Waals surface area contributed by atoms with E-state index in [0.29, 0.717) is 30.2 Å². The number of halogens is 1. The Bertz CT molecular complexity index is 828. The maximum absolute atomic E-state index is 12.2. The standard InChI is InChI=1S/C16H19ClN4O3S/c1-24-8-3-2-4-9-25(22,23)11-13-6-5-7-14(10-13)20-16-19-12-18-15(17)21-16/h2,4-7,10,12H,3,8-9,11H2,1H3,(H,18,19,20,21). The molecule has 0 aliphatic heterocycles. The van der Waals surface area contributed by atoms with Crippen LogP contribution in [0.4, 0.5) is 11.6 Å². The highest BCUT2D eigenvalue weighted by molar-refractivity contribution is 7.90. The lowest BCUT2D eigenvalue weighted by Gasteiger charge is -2.07. The van der Waals surface area contributed by atoms with Gasteiger partial charge >= 0.3 is 0 Å². The van der Waals surface area contributed by atoms with Crippen LogP contribution in [0.5, 0.6) is 0 Å². The highest BCUT2D eigenvalue weighted by atomic mass is 35.5.